The lowest BCUT2D eigenvalue weighted by Gasteiger charge is -2.08. The summed E-state index contributed by atoms with van der Waals surface area (Å²) in [6.45, 7) is 0.501. The predicted octanol–water partition coefficient (Wildman–Crippen LogP) is 4.36. The van der Waals surface area contributed by atoms with Crippen LogP contribution in [0.5, 0.6) is 5.75 Å². The first kappa shape index (κ1) is 17.1. The number of rotatable bonds is 6. The van der Waals surface area contributed by atoms with Crippen LogP contribution in [-0.2, 0) is 7.05 Å². The summed E-state index contributed by atoms with van der Waals surface area (Å²) in [6, 6.07) is 9.00. The summed E-state index contributed by atoms with van der Waals surface area (Å²) in [7, 11) is 1.93. The van der Waals surface area contributed by atoms with Gasteiger partial charge in [0.25, 0.3) is 0 Å². The first-order chi connectivity index (χ1) is 11.6. The lowest BCUT2D eigenvalue weighted by atomic mass is 10.3. The van der Waals surface area contributed by atoms with Crippen molar-refractivity contribution in [1.82, 2.24) is 19.7 Å². The highest BCUT2D eigenvalue weighted by molar-refractivity contribution is 7.99. The van der Waals surface area contributed by atoms with Crippen LogP contribution in [0.4, 0.5) is 0 Å². The molecule has 24 heavy (non-hydrogen) atoms. The van der Waals surface area contributed by atoms with Crippen LogP contribution < -0.4 is 4.74 Å². The second kappa shape index (κ2) is 7.88. The Kier molecular flexibility index (Phi) is 5.60. The van der Waals surface area contributed by atoms with Gasteiger partial charge in [-0.3, -0.25) is 4.98 Å². The average molecular weight is 381 g/mol. The summed E-state index contributed by atoms with van der Waals surface area (Å²) in [4.78, 5) is 4.11. The molecule has 2 heterocycles. The van der Waals surface area contributed by atoms with Crippen LogP contribution in [0.1, 0.15) is 0 Å². The average Bonchev–Trinajstić information content (AvgIpc) is 2.95. The quantitative estimate of drug-likeness (QED) is 0.469. The van der Waals surface area contributed by atoms with Crippen molar-refractivity contribution in [2.75, 3.05) is 12.4 Å². The minimum absolute atomic E-state index is 0.501. The Bertz CT molecular complexity index is 826. The van der Waals surface area contributed by atoms with Crippen molar-refractivity contribution < 1.29 is 4.74 Å². The maximum absolute atomic E-state index is 6.07. The molecule has 0 aliphatic carbocycles. The van der Waals surface area contributed by atoms with Crippen molar-refractivity contribution in [2.24, 2.45) is 7.05 Å². The largest absolute Gasteiger partial charge is 0.491 e. The molecule has 0 aliphatic rings. The van der Waals surface area contributed by atoms with E-state index in [0.717, 1.165) is 22.3 Å². The van der Waals surface area contributed by atoms with Crippen LogP contribution in [0.15, 0.2) is 47.9 Å². The SMILES string of the molecule is Cn1c(SCCOc2ccc(Cl)cc2Cl)nnc1-c1cccnc1. The summed E-state index contributed by atoms with van der Waals surface area (Å²) in [5, 5.41) is 10.3. The van der Waals surface area contributed by atoms with E-state index in [1.807, 2.05) is 23.7 Å². The highest BCUT2D eigenvalue weighted by Crippen LogP contribution is 2.28. The van der Waals surface area contributed by atoms with Crippen molar-refractivity contribution in [3.8, 4) is 17.1 Å². The number of pyridine rings is 1. The summed E-state index contributed by atoms with van der Waals surface area (Å²) < 4.78 is 7.61. The fourth-order valence-corrected chi connectivity index (χ4v) is 3.25. The topological polar surface area (TPSA) is 52.8 Å². The molecule has 0 saturated heterocycles. The molecule has 8 heteroatoms. The van der Waals surface area contributed by atoms with Gasteiger partial charge in [0.1, 0.15) is 5.75 Å². The number of hydrogen-bond donors (Lipinski definition) is 0. The number of hydrogen-bond acceptors (Lipinski definition) is 5. The minimum Gasteiger partial charge on any atom is -0.491 e. The predicted molar refractivity (Wildman–Crippen MR) is 96.9 cm³/mol. The highest BCUT2D eigenvalue weighted by Gasteiger charge is 2.11. The molecule has 0 amide bonds. The van der Waals surface area contributed by atoms with Gasteiger partial charge in [-0.05, 0) is 30.3 Å². The van der Waals surface area contributed by atoms with E-state index in [0.29, 0.717) is 22.4 Å². The molecule has 0 saturated carbocycles. The fourth-order valence-electron chi connectivity index (χ4n) is 2.06. The van der Waals surface area contributed by atoms with E-state index in [1.165, 1.54) is 0 Å². The maximum Gasteiger partial charge on any atom is 0.191 e. The van der Waals surface area contributed by atoms with Crippen molar-refractivity contribution >= 4 is 35.0 Å². The lowest BCUT2D eigenvalue weighted by Crippen LogP contribution is -2.02. The molecule has 0 bridgehead atoms. The summed E-state index contributed by atoms with van der Waals surface area (Å²) >= 11 is 13.5. The molecule has 2 aromatic heterocycles. The molecule has 0 spiro atoms. The number of ether oxygens (including phenoxy) is 1. The van der Waals surface area contributed by atoms with Gasteiger partial charge in [-0.25, -0.2) is 0 Å². The van der Waals surface area contributed by atoms with Crippen LogP contribution in [0.3, 0.4) is 0 Å². The Balaban J connectivity index is 1.57. The van der Waals surface area contributed by atoms with E-state index in [1.54, 1.807) is 42.4 Å². The molecule has 0 N–H and O–H groups in total. The summed E-state index contributed by atoms with van der Waals surface area (Å²) in [5.41, 5.74) is 0.934. The second-order valence-corrected chi connectivity index (χ2v) is 6.78. The zero-order chi connectivity index (χ0) is 16.9. The van der Waals surface area contributed by atoms with Gasteiger partial charge in [-0.15, -0.1) is 10.2 Å². The number of halogens is 2. The molecular formula is C16H14Cl2N4OS. The molecule has 3 rings (SSSR count). The number of benzene rings is 1. The van der Waals surface area contributed by atoms with Gasteiger partial charge in [0, 0.05) is 35.8 Å². The number of aromatic nitrogens is 4. The van der Waals surface area contributed by atoms with E-state index in [9.17, 15) is 0 Å². The number of thioether (sulfide) groups is 1. The molecule has 5 nitrogen and oxygen atoms in total. The number of nitrogens with zero attached hydrogens (tertiary/aromatic N) is 4. The van der Waals surface area contributed by atoms with Crippen LogP contribution in [-0.4, -0.2) is 32.1 Å². The van der Waals surface area contributed by atoms with E-state index in [4.69, 9.17) is 27.9 Å². The van der Waals surface area contributed by atoms with Crippen LogP contribution in [0, 0.1) is 0 Å². The molecule has 0 unspecified atom stereocenters. The molecule has 1 aromatic carbocycles. The molecule has 0 aliphatic heterocycles. The van der Waals surface area contributed by atoms with Gasteiger partial charge in [-0.1, -0.05) is 35.0 Å². The van der Waals surface area contributed by atoms with Gasteiger partial charge in [0.15, 0.2) is 11.0 Å². The molecule has 0 radical (unpaired) electrons. The Morgan fingerprint density at radius 3 is 2.83 bits per heavy atom. The van der Waals surface area contributed by atoms with E-state index >= 15 is 0 Å². The fraction of sp³-hybridized carbons (Fsp3) is 0.188. The van der Waals surface area contributed by atoms with E-state index in [2.05, 4.69) is 15.2 Å². The van der Waals surface area contributed by atoms with Gasteiger partial charge >= 0.3 is 0 Å². The smallest absolute Gasteiger partial charge is 0.191 e. The van der Waals surface area contributed by atoms with Gasteiger partial charge in [0.05, 0.1) is 11.6 Å². The van der Waals surface area contributed by atoms with Crippen LogP contribution in [0.25, 0.3) is 11.4 Å². The van der Waals surface area contributed by atoms with Gasteiger partial charge < -0.3 is 9.30 Å². The molecule has 0 fully saturated rings. The zero-order valence-electron chi connectivity index (χ0n) is 12.8. The third-order valence-corrected chi connectivity index (χ3v) is 4.74. The van der Waals surface area contributed by atoms with Crippen molar-refractivity contribution in [3.63, 3.8) is 0 Å². The minimum atomic E-state index is 0.501. The first-order valence-electron chi connectivity index (χ1n) is 7.15. The monoisotopic (exact) mass is 380 g/mol. The third-order valence-electron chi connectivity index (χ3n) is 3.22. The van der Waals surface area contributed by atoms with Gasteiger partial charge in [-0.2, -0.15) is 0 Å². The first-order valence-corrected chi connectivity index (χ1v) is 8.90. The molecule has 0 atom stereocenters. The van der Waals surface area contributed by atoms with E-state index < -0.39 is 0 Å². The van der Waals surface area contributed by atoms with Crippen molar-refractivity contribution in [1.29, 1.82) is 0 Å². The van der Waals surface area contributed by atoms with Crippen molar-refractivity contribution in [3.05, 3.63) is 52.8 Å². The van der Waals surface area contributed by atoms with Crippen LogP contribution in [0.2, 0.25) is 10.0 Å². The lowest BCUT2D eigenvalue weighted by molar-refractivity contribution is 0.344. The molecule has 3 aromatic rings. The Morgan fingerprint density at radius 2 is 2.08 bits per heavy atom. The molecular weight excluding hydrogens is 367 g/mol. The highest BCUT2D eigenvalue weighted by atomic mass is 35.5. The normalized spacial score (nSPS) is 10.8. The van der Waals surface area contributed by atoms with Gasteiger partial charge in [0.2, 0.25) is 0 Å². The Hall–Kier alpha value is -1.76. The Morgan fingerprint density at radius 1 is 1.21 bits per heavy atom. The zero-order valence-corrected chi connectivity index (χ0v) is 15.1. The van der Waals surface area contributed by atoms with Crippen LogP contribution >= 0.6 is 35.0 Å². The summed E-state index contributed by atoms with van der Waals surface area (Å²) in [5.74, 6) is 2.13. The third kappa shape index (κ3) is 4.01. The van der Waals surface area contributed by atoms with E-state index in [-0.39, 0.29) is 0 Å². The maximum atomic E-state index is 6.07. The second-order valence-electron chi connectivity index (χ2n) is 4.88. The molecule has 124 valence electrons. The van der Waals surface area contributed by atoms with Crippen molar-refractivity contribution in [2.45, 2.75) is 5.16 Å². The Labute approximate surface area is 154 Å². The standard InChI is InChI=1S/C16H14Cl2N4OS/c1-22-15(11-3-2-6-19-10-11)20-21-16(22)24-8-7-23-14-5-4-12(17)9-13(14)18/h2-6,9-10H,7-8H2,1H3. The summed E-state index contributed by atoms with van der Waals surface area (Å²) in [6.07, 6.45) is 3.50.